The van der Waals surface area contributed by atoms with E-state index >= 15 is 0 Å². The first-order valence-electron chi connectivity index (χ1n) is 9.50. The van der Waals surface area contributed by atoms with Crippen molar-refractivity contribution in [1.29, 1.82) is 0 Å². The fraction of sp³-hybridized carbons (Fsp3) is 0.600. The Balaban J connectivity index is 2.66. The molecule has 1 aromatic rings. The molecule has 0 radical (unpaired) electrons. The lowest BCUT2D eigenvalue weighted by atomic mass is 9.93. The van der Waals surface area contributed by atoms with Crippen molar-refractivity contribution < 1.29 is 27.5 Å². The zero-order chi connectivity index (χ0) is 22.1. The summed E-state index contributed by atoms with van der Waals surface area (Å²) in [5.41, 5.74) is 5.84. The summed E-state index contributed by atoms with van der Waals surface area (Å²) in [6.07, 6.45) is -0.295. The molecular weight excluding hydrogens is 396 g/mol. The SMILES string of the molecule is COC(=O)[C@H]1CCN(C(=O)OC(C)(C)C)[C@H]1c1cc(N)ccc1S(=O)(=O)C(C)C. The lowest BCUT2D eigenvalue weighted by Crippen LogP contribution is -2.39. The monoisotopic (exact) mass is 426 g/mol. The van der Waals surface area contributed by atoms with Crippen molar-refractivity contribution in [3.63, 3.8) is 0 Å². The topological polar surface area (TPSA) is 116 Å². The number of carbonyl (C=O) groups is 2. The number of hydrogen-bond donors (Lipinski definition) is 1. The molecule has 2 atom stereocenters. The molecule has 29 heavy (non-hydrogen) atoms. The normalized spacial score (nSPS) is 20.0. The molecule has 1 aliphatic heterocycles. The Hall–Kier alpha value is -2.29. The first kappa shape index (κ1) is 23.0. The van der Waals surface area contributed by atoms with Crippen LogP contribution in [0.3, 0.4) is 0 Å². The van der Waals surface area contributed by atoms with Crippen LogP contribution in [0.4, 0.5) is 10.5 Å². The summed E-state index contributed by atoms with van der Waals surface area (Å²) in [5.74, 6) is -1.24. The van der Waals surface area contributed by atoms with E-state index in [4.69, 9.17) is 15.2 Å². The van der Waals surface area contributed by atoms with Crippen molar-refractivity contribution in [2.45, 2.75) is 62.8 Å². The van der Waals surface area contributed by atoms with Crippen LogP contribution in [0.25, 0.3) is 0 Å². The van der Waals surface area contributed by atoms with Gasteiger partial charge in [-0.2, -0.15) is 0 Å². The van der Waals surface area contributed by atoms with E-state index in [1.807, 2.05) is 0 Å². The van der Waals surface area contributed by atoms with Gasteiger partial charge in [0.2, 0.25) is 0 Å². The number of anilines is 1. The predicted octanol–water partition coefficient (Wildman–Crippen LogP) is 2.92. The second-order valence-corrected chi connectivity index (χ2v) is 10.9. The van der Waals surface area contributed by atoms with E-state index in [1.165, 1.54) is 30.2 Å². The van der Waals surface area contributed by atoms with Crippen LogP contribution in [-0.2, 0) is 24.1 Å². The Morgan fingerprint density at radius 1 is 1.24 bits per heavy atom. The third kappa shape index (κ3) is 4.83. The minimum atomic E-state index is -3.69. The summed E-state index contributed by atoms with van der Waals surface area (Å²) < 4.78 is 36.4. The molecule has 0 spiro atoms. The molecule has 0 bridgehead atoms. The highest BCUT2D eigenvalue weighted by molar-refractivity contribution is 7.92. The maximum Gasteiger partial charge on any atom is 0.410 e. The molecular formula is C20H30N2O6S. The Kier molecular flexibility index (Phi) is 6.51. The maximum absolute atomic E-state index is 13.0. The summed E-state index contributed by atoms with van der Waals surface area (Å²) in [7, 11) is -2.42. The number of nitrogens with two attached hydrogens (primary N) is 1. The van der Waals surface area contributed by atoms with Gasteiger partial charge in [-0.3, -0.25) is 4.79 Å². The highest BCUT2D eigenvalue weighted by Crippen LogP contribution is 2.42. The molecule has 0 aromatic heterocycles. The Morgan fingerprint density at radius 2 is 1.86 bits per heavy atom. The molecule has 8 nitrogen and oxygen atoms in total. The number of sulfone groups is 1. The minimum absolute atomic E-state index is 0.0519. The average Bonchev–Trinajstić information content (AvgIpc) is 3.04. The zero-order valence-corrected chi connectivity index (χ0v) is 18.6. The average molecular weight is 427 g/mol. The fourth-order valence-corrected chi connectivity index (χ4v) is 4.69. The molecule has 9 heteroatoms. The van der Waals surface area contributed by atoms with E-state index in [0.717, 1.165) is 0 Å². The molecule has 1 aromatic carbocycles. The van der Waals surface area contributed by atoms with E-state index in [2.05, 4.69) is 0 Å². The van der Waals surface area contributed by atoms with Crippen LogP contribution in [-0.4, -0.2) is 49.9 Å². The van der Waals surface area contributed by atoms with E-state index in [-0.39, 0.29) is 11.4 Å². The van der Waals surface area contributed by atoms with Crippen LogP contribution >= 0.6 is 0 Å². The first-order chi connectivity index (χ1) is 13.3. The number of likely N-dealkylation sites (tertiary alicyclic amines) is 1. The molecule has 1 heterocycles. The van der Waals surface area contributed by atoms with Crippen molar-refractivity contribution in [1.82, 2.24) is 4.90 Å². The zero-order valence-electron chi connectivity index (χ0n) is 17.8. The van der Waals surface area contributed by atoms with Crippen molar-refractivity contribution >= 4 is 27.6 Å². The highest BCUT2D eigenvalue weighted by atomic mass is 32.2. The smallest absolute Gasteiger partial charge is 0.410 e. The van der Waals surface area contributed by atoms with E-state index in [1.54, 1.807) is 34.6 Å². The molecule has 1 aliphatic rings. The second-order valence-electron chi connectivity index (χ2n) is 8.43. The quantitative estimate of drug-likeness (QED) is 0.581. The van der Waals surface area contributed by atoms with Crippen LogP contribution < -0.4 is 5.73 Å². The van der Waals surface area contributed by atoms with Gasteiger partial charge in [-0.05, 0) is 64.8 Å². The van der Waals surface area contributed by atoms with Gasteiger partial charge in [-0.15, -0.1) is 0 Å². The molecule has 0 saturated carbocycles. The van der Waals surface area contributed by atoms with E-state index < -0.39 is 44.7 Å². The Labute approximate surface area is 172 Å². The summed E-state index contributed by atoms with van der Waals surface area (Å²) in [6, 6.07) is 3.58. The molecule has 2 rings (SSSR count). The molecule has 2 N–H and O–H groups in total. The molecule has 162 valence electrons. The van der Waals surface area contributed by atoms with Gasteiger partial charge in [0.15, 0.2) is 9.84 Å². The number of nitrogens with zero attached hydrogens (tertiary/aromatic N) is 1. The molecule has 0 aliphatic carbocycles. The number of methoxy groups -OCH3 is 1. The van der Waals surface area contributed by atoms with Crippen LogP contribution in [0.1, 0.15) is 52.6 Å². The number of ether oxygens (including phenoxy) is 2. The lowest BCUT2D eigenvalue weighted by molar-refractivity contribution is -0.146. The van der Waals surface area contributed by atoms with Gasteiger partial charge in [0, 0.05) is 12.2 Å². The third-order valence-corrected chi connectivity index (χ3v) is 7.04. The van der Waals surface area contributed by atoms with Crippen molar-refractivity contribution in [2.24, 2.45) is 5.92 Å². The molecule has 0 unspecified atom stereocenters. The maximum atomic E-state index is 13.0. The number of benzene rings is 1. The Morgan fingerprint density at radius 3 is 2.38 bits per heavy atom. The molecule has 1 amide bonds. The van der Waals surface area contributed by atoms with Crippen molar-refractivity contribution in [3.05, 3.63) is 23.8 Å². The van der Waals surface area contributed by atoms with Gasteiger partial charge in [-0.1, -0.05) is 0 Å². The largest absolute Gasteiger partial charge is 0.469 e. The van der Waals surface area contributed by atoms with Crippen LogP contribution in [0.2, 0.25) is 0 Å². The van der Waals surface area contributed by atoms with E-state index in [9.17, 15) is 18.0 Å². The highest BCUT2D eigenvalue weighted by Gasteiger charge is 2.46. The number of rotatable bonds is 4. The summed E-state index contributed by atoms with van der Waals surface area (Å²) in [5, 5.41) is -0.683. The van der Waals surface area contributed by atoms with E-state index in [0.29, 0.717) is 17.7 Å². The third-order valence-electron chi connectivity index (χ3n) is 4.81. The number of esters is 1. The van der Waals surface area contributed by atoms with Crippen molar-refractivity contribution in [2.75, 3.05) is 19.4 Å². The Bertz CT molecular complexity index is 889. The summed E-state index contributed by atoms with van der Waals surface area (Å²) >= 11 is 0. The number of nitrogen functional groups attached to an aromatic ring is 1. The minimum Gasteiger partial charge on any atom is -0.469 e. The number of hydrogen-bond acceptors (Lipinski definition) is 7. The predicted molar refractivity (Wildman–Crippen MR) is 109 cm³/mol. The van der Waals surface area contributed by atoms with Gasteiger partial charge in [-0.25, -0.2) is 13.2 Å². The van der Waals surface area contributed by atoms with Crippen LogP contribution in [0, 0.1) is 5.92 Å². The molecule has 1 fully saturated rings. The van der Waals surface area contributed by atoms with Gasteiger partial charge < -0.3 is 20.1 Å². The van der Waals surface area contributed by atoms with Gasteiger partial charge in [0.1, 0.15) is 5.60 Å². The van der Waals surface area contributed by atoms with Crippen LogP contribution in [0.15, 0.2) is 23.1 Å². The van der Waals surface area contributed by atoms with Gasteiger partial charge in [0.25, 0.3) is 0 Å². The van der Waals surface area contributed by atoms with Gasteiger partial charge >= 0.3 is 12.1 Å². The first-order valence-corrected chi connectivity index (χ1v) is 11.0. The van der Waals surface area contributed by atoms with Crippen molar-refractivity contribution in [3.8, 4) is 0 Å². The van der Waals surface area contributed by atoms with Gasteiger partial charge in [0.05, 0.1) is 29.2 Å². The lowest BCUT2D eigenvalue weighted by Gasteiger charge is -2.31. The fourth-order valence-electron chi connectivity index (χ4n) is 3.41. The summed E-state index contributed by atoms with van der Waals surface area (Å²) in [4.78, 5) is 26.7. The standard InChI is InChI=1S/C20H30N2O6S/c1-12(2)29(25,26)16-8-7-13(21)11-15(16)17-14(18(23)27-6)9-10-22(17)19(24)28-20(3,4)5/h7-8,11-12,14,17H,9-10,21H2,1-6H3/t14-,17+/m0/s1. The van der Waals surface area contributed by atoms with Crippen LogP contribution in [0.5, 0.6) is 0 Å². The summed E-state index contributed by atoms with van der Waals surface area (Å²) in [6.45, 7) is 8.60. The number of carbonyl (C=O) groups excluding carboxylic acids is 2. The second kappa shape index (κ2) is 8.22. The molecule has 1 saturated heterocycles. The number of amides is 1.